The third kappa shape index (κ3) is 3.33. The molecule has 0 atom stereocenters. The van der Waals surface area contributed by atoms with Crippen molar-refractivity contribution in [3.63, 3.8) is 0 Å². The zero-order valence-electron chi connectivity index (χ0n) is 14.9. The molecule has 2 rings (SSSR count). The summed E-state index contributed by atoms with van der Waals surface area (Å²) in [5.41, 5.74) is 2.84. The van der Waals surface area contributed by atoms with Gasteiger partial charge in [0.2, 0.25) is 5.91 Å². The summed E-state index contributed by atoms with van der Waals surface area (Å²) in [5.74, 6) is 0.182. The number of hydrogen-bond donors (Lipinski definition) is 1. The molecule has 1 aromatic carbocycles. The highest BCUT2D eigenvalue weighted by Gasteiger charge is 2.44. The van der Waals surface area contributed by atoms with Gasteiger partial charge in [-0.2, -0.15) is 0 Å². The van der Waals surface area contributed by atoms with Crippen LogP contribution in [0.5, 0.6) is 0 Å². The number of nitrogens with one attached hydrogen (secondary N) is 1. The maximum Gasteiger partial charge on any atom is 0.247 e. The number of benzene rings is 1. The average Bonchev–Trinajstić information content (AvgIpc) is 2.53. The Hall–Kier alpha value is -1.65. The van der Waals surface area contributed by atoms with E-state index in [1.807, 2.05) is 31.1 Å². The van der Waals surface area contributed by atoms with Gasteiger partial charge in [-0.3, -0.25) is 9.69 Å². The predicted octanol–water partition coefficient (Wildman–Crippen LogP) is 2.51. The second kappa shape index (κ2) is 7.28. The fourth-order valence-corrected chi connectivity index (χ4v) is 3.58. The number of likely N-dealkylation sites (N-methyl/N-ethyl adjacent to an activating group) is 1. The van der Waals surface area contributed by atoms with Gasteiger partial charge in [-0.05, 0) is 65.0 Å². The monoisotopic (exact) mass is 315 g/mol. The van der Waals surface area contributed by atoms with Crippen molar-refractivity contribution < 1.29 is 4.79 Å². The van der Waals surface area contributed by atoms with Crippen molar-refractivity contribution in [2.75, 3.05) is 38.6 Å². The van der Waals surface area contributed by atoms with Gasteiger partial charge in [-0.25, -0.2) is 0 Å². The summed E-state index contributed by atoms with van der Waals surface area (Å²) in [6.07, 6.45) is 3.48. The number of carbonyl (C=O) groups is 1. The van der Waals surface area contributed by atoms with Gasteiger partial charge in [0, 0.05) is 12.2 Å². The number of hydrogen-bond acceptors (Lipinski definition) is 3. The third-order valence-electron chi connectivity index (χ3n) is 4.95. The summed E-state index contributed by atoms with van der Waals surface area (Å²) in [7, 11) is 4.03. The van der Waals surface area contributed by atoms with E-state index in [9.17, 15) is 4.79 Å². The minimum absolute atomic E-state index is 0.182. The van der Waals surface area contributed by atoms with Gasteiger partial charge in [-0.15, -0.1) is 6.58 Å². The molecule has 0 aromatic heterocycles. The quantitative estimate of drug-likeness (QED) is 0.848. The van der Waals surface area contributed by atoms with Crippen LogP contribution < -0.4 is 10.2 Å². The molecule has 126 valence electrons. The number of para-hydroxylation sites is 1. The first kappa shape index (κ1) is 17.7. The van der Waals surface area contributed by atoms with Crippen LogP contribution in [0, 0.1) is 13.8 Å². The van der Waals surface area contributed by atoms with E-state index in [2.05, 4.69) is 42.8 Å². The van der Waals surface area contributed by atoms with Gasteiger partial charge >= 0.3 is 0 Å². The smallest absolute Gasteiger partial charge is 0.247 e. The molecule has 1 aliphatic rings. The van der Waals surface area contributed by atoms with E-state index in [-0.39, 0.29) is 5.91 Å². The number of nitrogens with zero attached hydrogens (tertiary/aromatic N) is 2. The lowest BCUT2D eigenvalue weighted by molar-refractivity contribution is -0.130. The molecule has 1 fully saturated rings. The molecule has 0 aliphatic carbocycles. The number of piperidine rings is 1. The van der Waals surface area contributed by atoms with E-state index in [1.54, 1.807) is 0 Å². The maximum atomic E-state index is 13.6. The Morgan fingerprint density at radius 3 is 2.30 bits per heavy atom. The van der Waals surface area contributed by atoms with E-state index in [0.717, 1.165) is 42.7 Å². The molecule has 0 unspecified atom stereocenters. The fraction of sp³-hybridized carbons (Fsp3) is 0.526. The highest BCUT2D eigenvalue weighted by atomic mass is 16.2. The van der Waals surface area contributed by atoms with Crippen molar-refractivity contribution in [2.24, 2.45) is 0 Å². The van der Waals surface area contributed by atoms with E-state index in [1.165, 1.54) is 0 Å². The molecule has 1 saturated heterocycles. The van der Waals surface area contributed by atoms with Crippen LogP contribution in [0.25, 0.3) is 0 Å². The summed E-state index contributed by atoms with van der Waals surface area (Å²) < 4.78 is 0. The molecule has 1 amide bonds. The lowest BCUT2D eigenvalue weighted by Gasteiger charge is -2.44. The molecule has 1 N–H and O–H groups in total. The number of anilines is 1. The van der Waals surface area contributed by atoms with Crippen LogP contribution in [0.15, 0.2) is 30.9 Å². The first-order chi connectivity index (χ1) is 10.9. The van der Waals surface area contributed by atoms with Gasteiger partial charge in [0.25, 0.3) is 0 Å². The summed E-state index contributed by atoms with van der Waals surface area (Å²) in [4.78, 5) is 17.6. The van der Waals surface area contributed by atoms with Gasteiger partial charge in [0.05, 0.1) is 0 Å². The van der Waals surface area contributed by atoms with E-state index in [4.69, 9.17) is 0 Å². The van der Waals surface area contributed by atoms with Crippen molar-refractivity contribution in [1.29, 1.82) is 0 Å². The molecule has 4 nitrogen and oxygen atoms in total. The lowest BCUT2D eigenvalue weighted by Crippen LogP contribution is -2.61. The molecule has 4 heteroatoms. The standard InChI is InChI=1S/C19H29N3O/c1-6-14-22(17-15(2)8-7-9-16(17)3)18(23)19(21(4)5)10-12-20-13-11-19/h6-9,20H,1,10-14H2,2-5H3. The van der Waals surface area contributed by atoms with Crippen LogP contribution in [0.2, 0.25) is 0 Å². The zero-order valence-corrected chi connectivity index (χ0v) is 14.9. The fourth-order valence-electron chi connectivity index (χ4n) is 3.58. The number of amides is 1. The Kier molecular flexibility index (Phi) is 5.60. The molecule has 1 heterocycles. The van der Waals surface area contributed by atoms with Crippen LogP contribution >= 0.6 is 0 Å². The Morgan fingerprint density at radius 1 is 1.26 bits per heavy atom. The zero-order chi connectivity index (χ0) is 17.0. The first-order valence-electron chi connectivity index (χ1n) is 8.31. The van der Waals surface area contributed by atoms with E-state index in [0.29, 0.717) is 6.54 Å². The number of rotatable bonds is 5. The summed E-state index contributed by atoms with van der Waals surface area (Å²) in [5, 5.41) is 3.37. The maximum absolute atomic E-state index is 13.6. The number of aryl methyl sites for hydroxylation is 2. The summed E-state index contributed by atoms with van der Waals surface area (Å²) in [6.45, 7) is 10.3. The SMILES string of the molecule is C=CCN(C(=O)C1(N(C)C)CCNCC1)c1c(C)cccc1C. The van der Waals surface area contributed by atoms with Crippen molar-refractivity contribution in [3.8, 4) is 0 Å². The highest BCUT2D eigenvalue weighted by molar-refractivity contribution is 6.01. The summed E-state index contributed by atoms with van der Waals surface area (Å²) in [6, 6.07) is 6.17. The molecule has 0 saturated carbocycles. The van der Waals surface area contributed by atoms with Crippen molar-refractivity contribution in [2.45, 2.75) is 32.2 Å². The topological polar surface area (TPSA) is 35.6 Å². The largest absolute Gasteiger partial charge is 0.317 e. The molecule has 23 heavy (non-hydrogen) atoms. The van der Waals surface area contributed by atoms with E-state index >= 15 is 0 Å². The third-order valence-corrected chi connectivity index (χ3v) is 4.95. The van der Waals surface area contributed by atoms with Crippen molar-refractivity contribution in [1.82, 2.24) is 10.2 Å². The van der Waals surface area contributed by atoms with Crippen molar-refractivity contribution in [3.05, 3.63) is 42.0 Å². The van der Waals surface area contributed by atoms with Crippen LogP contribution in [0.1, 0.15) is 24.0 Å². The van der Waals surface area contributed by atoms with Crippen LogP contribution in [-0.2, 0) is 4.79 Å². The van der Waals surface area contributed by atoms with Crippen LogP contribution in [0.3, 0.4) is 0 Å². The Labute approximate surface area is 140 Å². The minimum Gasteiger partial charge on any atom is -0.317 e. The molecule has 0 spiro atoms. The molecule has 1 aliphatic heterocycles. The second-order valence-corrected chi connectivity index (χ2v) is 6.62. The van der Waals surface area contributed by atoms with Gasteiger partial charge in [0.1, 0.15) is 5.54 Å². The molecular weight excluding hydrogens is 286 g/mol. The average molecular weight is 315 g/mol. The second-order valence-electron chi connectivity index (χ2n) is 6.62. The minimum atomic E-state index is -0.441. The van der Waals surface area contributed by atoms with Crippen LogP contribution in [0.4, 0.5) is 5.69 Å². The Balaban J connectivity index is 2.47. The lowest BCUT2D eigenvalue weighted by atomic mass is 9.85. The van der Waals surface area contributed by atoms with Crippen LogP contribution in [-0.4, -0.2) is 50.1 Å². The first-order valence-corrected chi connectivity index (χ1v) is 8.31. The van der Waals surface area contributed by atoms with Gasteiger partial charge in [-0.1, -0.05) is 24.3 Å². The van der Waals surface area contributed by atoms with Gasteiger partial charge < -0.3 is 10.2 Å². The van der Waals surface area contributed by atoms with Gasteiger partial charge in [0.15, 0.2) is 0 Å². The highest BCUT2D eigenvalue weighted by Crippen LogP contribution is 2.32. The number of carbonyl (C=O) groups excluding carboxylic acids is 1. The predicted molar refractivity (Wildman–Crippen MR) is 97.0 cm³/mol. The molecule has 0 radical (unpaired) electrons. The normalized spacial score (nSPS) is 17.1. The Bertz CT molecular complexity index is 554. The van der Waals surface area contributed by atoms with Crippen molar-refractivity contribution >= 4 is 11.6 Å². The molecule has 1 aromatic rings. The molecular formula is C19H29N3O. The Morgan fingerprint density at radius 2 is 1.83 bits per heavy atom. The molecule has 0 bridgehead atoms. The summed E-state index contributed by atoms with van der Waals surface area (Å²) >= 11 is 0. The van der Waals surface area contributed by atoms with E-state index < -0.39 is 5.54 Å².